The van der Waals surface area contributed by atoms with Gasteiger partial charge < -0.3 is 15.7 Å². The van der Waals surface area contributed by atoms with Gasteiger partial charge in [0.1, 0.15) is 11.9 Å². The fourth-order valence-electron chi connectivity index (χ4n) is 5.51. The SMILES string of the molecule is O=C(Nc1cccc(F)c1CC[C@H]1CNCCN1S(=O)(=O)c1ccccc1)C(O)C(c1ccccc1)c1ccccc1. The van der Waals surface area contributed by atoms with Gasteiger partial charge in [0.25, 0.3) is 5.91 Å². The van der Waals surface area contributed by atoms with Gasteiger partial charge in [-0.1, -0.05) is 84.9 Å². The van der Waals surface area contributed by atoms with Gasteiger partial charge in [-0.25, -0.2) is 12.8 Å². The molecule has 4 aromatic carbocycles. The number of nitrogens with zero attached hydrogens (tertiary/aromatic N) is 1. The summed E-state index contributed by atoms with van der Waals surface area (Å²) in [5.41, 5.74) is 2.06. The highest BCUT2D eigenvalue weighted by molar-refractivity contribution is 7.89. The van der Waals surface area contributed by atoms with Gasteiger partial charge in [0, 0.05) is 42.8 Å². The summed E-state index contributed by atoms with van der Waals surface area (Å²) < 4.78 is 43.5. The highest BCUT2D eigenvalue weighted by atomic mass is 32.2. The Labute approximate surface area is 246 Å². The fraction of sp³-hybridized carbons (Fsp3) is 0.242. The minimum absolute atomic E-state index is 0.187. The maximum atomic E-state index is 15.2. The van der Waals surface area contributed by atoms with E-state index in [1.165, 1.54) is 16.4 Å². The van der Waals surface area contributed by atoms with Crippen molar-refractivity contribution in [2.24, 2.45) is 0 Å². The Hall–Kier alpha value is -3.89. The number of sulfonamides is 1. The summed E-state index contributed by atoms with van der Waals surface area (Å²) >= 11 is 0. The second-order valence-electron chi connectivity index (χ2n) is 10.3. The van der Waals surface area contributed by atoms with Gasteiger partial charge in [0.05, 0.1) is 4.90 Å². The molecule has 0 spiro atoms. The molecule has 5 rings (SSSR count). The van der Waals surface area contributed by atoms with Crippen LogP contribution in [-0.2, 0) is 21.2 Å². The van der Waals surface area contributed by atoms with Gasteiger partial charge in [-0.3, -0.25) is 4.79 Å². The number of benzene rings is 4. The lowest BCUT2D eigenvalue weighted by molar-refractivity contribution is -0.124. The molecule has 1 aliphatic heterocycles. The minimum atomic E-state index is -3.73. The zero-order valence-electron chi connectivity index (χ0n) is 23.1. The second kappa shape index (κ2) is 13.4. The predicted molar refractivity (Wildman–Crippen MR) is 161 cm³/mol. The highest BCUT2D eigenvalue weighted by Crippen LogP contribution is 2.30. The monoisotopic (exact) mass is 587 g/mol. The lowest BCUT2D eigenvalue weighted by Crippen LogP contribution is -2.53. The molecule has 9 heteroatoms. The number of aliphatic hydroxyl groups is 1. The van der Waals surface area contributed by atoms with Gasteiger partial charge in [-0.15, -0.1) is 0 Å². The number of aliphatic hydroxyl groups excluding tert-OH is 1. The van der Waals surface area contributed by atoms with Gasteiger partial charge in [-0.2, -0.15) is 4.31 Å². The van der Waals surface area contributed by atoms with E-state index in [4.69, 9.17) is 0 Å². The number of anilines is 1. The van der Waals surface area contributed by atoms with Crippen LogP contribution in [-0.4, -0.2) is 55.5 Å². The molecule has 42 heavy (non-hydrogen) atoms. The van der Waals surface area contributed by atoms with E-state index in [0.717, 1.165) is 11.1 Å². The lowest BCUT2D eigenvalue weighted by Gasteiger charge is -2.35. The van der Waals surface area contributed by atoms with E-state index >= 15 is 4.39 Å². The molecule has 4 aromatic rings. The van der Waals surface area contributed by atoms with Crippen LogP contribution in [0.1, 0.15) is 29.0 Å². The maximum absolute atomic E-state index is 15.2. The number of amides is 1. The number of carbonyl (C=O) groups is 1. The third kappa shape index (κ3) is 6.60. The Kier molecular flexibility index (Phi) is 9.44. The summed E-state index contributed by atoms with van der Waals surface area (Å²) in [5, 5.41) is 17.3. The van der Waals surface area contributed by atoms with E-state index in [-0.39, 0.29) is 22.6 Å². The van der Waals surface area contributed by atoms with Crippen molar-refractivity contribution >= 4 is 21.6 Å². The number of hydrogen-bond acceptors (Lipinski definition) is 5. The molecule has 3 N–H and O–H groups in total. The van der Waals surface area contributed by atoms with Gasteiger partial charge in [0.2, 0.25) is 10.0 Å². The van der Waals surface area contributed by atoms with Crippen molar-refractivity contribution < 1.29 is 22.7 Å². The van der Waals surface area contributed by atoms with Crippen LogP contribution in [0.2, 0.25) is 0 Å². The van der Waals surface area contributed by atoms with Crippen LogP contribution in [0, 0.1) is 5.82 Å². The average Bonchev–Trinajstić information content (AvgIpc) is 3.02. The van der Waals surface area contributed by atoms with Crippen LogP contribution in [0.5, 0.6) is 0 Å². The number of nitrogens with one attached hydrogen (secondary N) is 2. The van der Waals surface area contributed by atoms with Crippen molar-refractivity contribution in [1.29, 1.82) is 0 Å². The third-order valence-corrected chi connectivity index (χ3v) is 9.62. The minimum Gasteiger partial charge on any atom is -0.382 e. The zero-order valence-corrected chi connectivity index (χ0v) is 23.9. The standard InChI is InChI=1S/C33H34FN3O4S/c34-29-17-10-18-30(36-33(39)32(38)31(24-11-4-1-5-12-24)25-13-6-2-7-14-25)28(29)20-19-26-23-35-21-22-37(26)42(40,41)27-15-8-3-9-16-27/h1-18,26,31-32,35,38H,19-23H2,(H,36,39)/t26-,32?/m0/s1. The van der Waals surface area contributed by atoms with Crippen molar-refractivity contribution in [3.8, 4) is 0 Å². The number of carbonyl (C=O) groups excluding carboxylic acids is 1. The Morgan fingerprint density at radius 1 is 0.905 bits per heavy atom. The van der Waals surface area contributed by atoms with Crippen LogP contribution >= 0.6 is 0 Å². The van der Waals surface area contributed by atoms with E-state index in [1.807, 2.05) is 60.7 Å². The zero-order chi connectivity index (χ0) is 29.5. The molecular weight excluding hydrogens is 553 g/mol. The summed E-state index contributed by atoms with van der Waals surface area (Å²) in [6.07, 6.45) is -0.922. The molecule has 0 radical (unpaired) electrons. The maximum Gasteiger partial charge on any atom is 0.254 e. The summed E-state index contributed by atoms with van der Waals surface area (Å²) in [5.74, 6) is -1.80. The van der Waals surface area contributed by atoms with Gasteiger partial charge in [0.15, 0.2) is 0 Å². The van der Waals surface area contributed by atoms with Crippen LogP contribution in [0.25, 0.3) is 0 Å². The molecule has 0 aromatic heterocycles. The van der Waals surface area contributed by atoms with E-state index in [9.17, 15) is 18.3 Å². The molecule has 1 amide bonds. The Balaban J connectivity index is 1.35. The number of rotatable bonds is 10. The normalized spacial score (nSPS) is 16.7. The second-order valence-corrected chi connectivity index (χ2v) is 12.2. The molecular formula is C33H34FN3O4S. The quantitative estimate of drug-likeness (QED) is 0.253. The van der Waals surface area contributed by atoms with Crippen molar-refractivity contribution in [1.82, 2.24) is 9.62 Å². The molecule has 7 nitrogen and oxygen atoms in total. The van der Waals surface area contributed by atoms with E-state index < -0.39 is 39.8 Å². The lowest BCUT2D eigenvalue weighted by atomic mass is 9.86. The van der Waals surface area contributed by atoms with Crippen molar-refractivity contribution in [3.63, 3.8) is 0 Å². The smallest absolute Gasteiger partial charge is 0.254 e. The molecule has 0 saturated carbocycles. The fourth-order valence-corrected chi connectivity index (χ4v) is 7.19. The average molecular weight is 588 g/mol. The first kappa shape index (κ1) is 29.6. The summed E-state index contributed by atoms with van der Waals surface area (Å²) in [7, 11) is -3.73. The van der Waals surface area contributed by atoms with E-state index in [2.05, 4.69) is 10.6 Å². The molecule has 1 heterocycles. The highest BCUT2D eigenvalue weighted by Gasteiger charge is 2.34. The summed E-state index contributed by atoms with van der Waals surface area (Å²) in [6.45, 7) is 1.25. The number of halogens is 1. The van der Waals surface area contributed by atoms with Crippen LogP contribution in [0.15, 0.2) is 114 Å². The van der Waals surface area contributed by atoms with Crippen molar-refractivity contribution in [2.75, 3.05) is 25.0 Å². The molecule has 218 valence electrons. The number of piperazine rings is 1. The Morgan fingerprint density at radius 2 is 1.50 bits per heavy atom. The molecule has 1 fully saturated rings. The first-order valence-corrected chi connectivity index (χ1v) is 15.4. The summed E-state index contributed by atoms with van der Waals surface area (Å²) in [6, 6.07) is 30.8. The molecule has 2 atom stereocenters. The summed E-state index contributed by atoms with van der Waals surface area (Å²) in [4.78, 5) is 13.6. The molecule has 1 saturated heterocycles. The third-order valence-electron chi connectivity index (χ3n) is 7.65. The van der Waals surface area contributed by atoms with E-state index in [0.29, 0.717) is 26.1 Å². The van der Waals surface area contributed by atoms with Crippen molar-refractivity contribution in [2.45, 2.75) is 35.8 Å². The van der Waals surface area contributed by atoms with Gasteiger partial charge in [-0.05, 0) is 48.2 Å². The van der Waals surface area contributed by atoms with E-state index in [1.54, 1.807) is 36.4 Å². The largest absolute Gasteiger partial charge is 0.382 e. The first-order valence-electron chi connectivity index (χ1n) is 14.0. The van der Waals surface area contributed by atoms with Crippen LogP contribution in [0.3, 0.4) is 0 Å². The molecule has 1 unspecified atom stereocenters. The topological polar surface area (TPSA) is 98.7 Å². The number of hydrogen-bond donors (Lipinski definition) is 3. The van der Waals surface area contributed by atoms with Crippen LogP contribution in [0.4, 0.5) is 10.1 Å². The van der Waals surface area contributed by atoms with Gasteiger partial charge >= 0.3 is 0 Å². The molecule has 0 bridgehead atoms. The molecule has 0 aliphatic carbocycles. The predicted octanol–water partition coefficient (Wildman–Crippen LogP) is 4.55. The Morgan fingerprint density at radius 3 is 2.12 bits per heavy atom. The molecule has 1 aliphatic rings. The van der Waals surface area contributed by atoms with Crippen LogP contribution < -0.4 is 10.6 Å². The Bertz CT molecular complexity index is 1550. The first-order chi connectivity index (χ1) is 20.4. The van der Waals surface area contributed by atoms with Crippen molar-refractivity contribution in [3.05, 3.63) is 132 Å².